The van der Waals surface area contributed by atoms with E-state index in [0.29, 0.717) is 23.4 Å². The molecule has 2 aromatic carbocycles. The molecule has 0 radical (unpaired) electrons. The van der Waals surface area contributed by atoms with Crippen LogP contribution < -0.4 is 10.3 Å². The Hall–Kier alpha value is -3.08. The van der Waals surface area contributed by atoms with Crippen molar-refractivity contribution in [1.29, 1.82) is 0 Å². The summed E-state index contributed by atoms with van der Waals surface area (Å²) in [6.07, 6.45) is 0. The van der Waals surface area contributed by atoms with Gasteiger partial charge in [0.25, 0.3) is 0 Å². The molecule has 0 N–H and O–H groups in total. The van der Waals surface area contributed by atoms with E-state index in [1.807, 2.05) is 61.5 Å². The van der Waals surface area contributed by atoms with Gasteiger partial charge in [-0.05, 0) is 31.2 Å². The van der Waals surface area contributed by atoms with Crippen LogP contribution in [0.3, 0.4) is 0 Å². The lowest BCUT2D eigenvalue weighted by atomic mass is 10.2. The molecule has 0 spiro atoms. The molecule has 5 nitrogen and oxygen atoms in total. The van der Waals surface area contributed by atoms with Gasteiger partial charge >= 0.3 is 11.6 Å². The molecule has 0 aliphatic rings. The molecule has 0 unspecified atom stereocenters. The molecule has 0 saturated heterocycles. The number of hydrogen-bond acceptors (Lipinski definition) is 4. The summed E-state index contributed by atoms with van der Waals surface area (Å²) in [7, 11) is 0. The SMILES string of the molecule is CCOc1nc2c(oc3ccccc32)c(=O)n1-c1ccccc1. The Morgan fingerprint density at radius 3 is 2.61 bits per heavy atom. The second-order valence-electron chi connectivity index (χ2n) is 5.08. The van der Waals surface area contributed by atoms with Crippen LogP contribution in [0.2, 0.25) is 0 Å². The zero-order chi connectivity index (χ0) is 15.8. The van der Waals surface area contributed by atoms with Crippen LogP contribution in [-0.4, -0.2) is 16.2 Å². The summed E-state index contributed by atoms with van der Waals surface area (Å²) in [6.45, 7) is 2.28. The van der Waals surface area contributed by atoms with Gasteiger partial charge in [0.05, 0.1) is 12.3 Å². The van der Waals surface area contributed by atoms with Crippen molar-refractivity contribution in [2.75, 3.05) is 6.61 Å². The molecule has 4 rings (SSSR count). The van der Waals surface area contributed by atoms with Gasteiger partial charge in [-0.25, -0.2) is 4.57 Å². The van der Waals surface area contributed by atoms with Gasteiger partial charge in [-0.15, -0.1) is 0 Å². The van der Waals surface area contributed by atoms with Gasteiger partial charge in [-0.2, -0.15) is 4.98 Å². The van der Waals surface area contributed by atoms with Crippen molar-refractivity contribution < 1.29 is 9.15 Å². The topological polar surface area (TPSA) is 57.3 Å². The zero-order valence-corrected chi connectivity index (χ0v) is 12.5. The minimum absolute atomic E-state index is 0.235. The smallest absolute Gasteiger partial charge is 0.304 e. The van der Waals surface area contributed by atoms with E-state index < -0.39 is 0 Å². The van der Waals surface area contributed by atoms with E-state index >= 15 is 0 Å². The van der Waals surface area contributed by atoms with Crippen LogP contribution in [0, 0.1) is 0 Å². The Kier molecular flexibility index (Phi) is 3.12. The highest BCUT2D eigenvalue weighted by molar-refractivity contribution is 6.02. The number of nitrogens with zero attached hydrogens (tertiary/aromatic N) is 2. The average Bonchev–Trinajstić information content (AvgIpc) is 2.95. The standard InChI is InChI=1S/C18H14N2O3/c1-2-22-18-19-15-13-10-6-7-11-14(13)23-16(15)17(21)20(18)12-8-4-3-5-9-12/h3-11H,2H2,1H3. The third-order valence-corrected chi connectivity index (χ3v) is 3.65. The fraction of sp³-hybridized carbons (Fsp3) is 0.111. The third-order valence-electron chi connectivity index (χ3n) is 3.65. The third kappa shape index (κ3) is 2.09. The second-order valence-corrected chi connectivity index (χ2v) is 5.08. The maximum Gasteiger partial charge on any atom is 0.304 e. The minimum atomic E-state index is -0.277. The summed E-state index contributed by atoms with van der Waals surface area (Å²) in [5, 5.41) is 0.806. The summed E-state index contributed by atoms with van der Waals surface area (Å²) in [4.78, 5) is 17.5. The van der Waals surface area contributed by atoms with Gasteiger partial charge in [0.15, 0.2) is 0 Å². The predicted octanol–water partition coefficient (Wildman–Crippen LogP) is 3.53. The first-order valence-corrected chi connectivity index (χ1v) is 7.42. The molecule has 0 saturated carbocycles. The lowest BCUT2D eigenvalue weighted by Gasteiger charge is -2.11. The number of para-hydroxylation sites is 2. The van der Waals surface area contributed by atoms with E-state index in [4.69, 9.17) is 9.15 Å². The molecule has 0 bridgehead atoms. The van der Waals surface area contributed by atoms with Gasteiger partial charge < -0.3 is 9.15 Å². The van der Waals surface area contributed by atoms with E-state index in [1.54, 1.807) is 0 Å². The number of aromatic nitrogens is 2. The zero-order valence-electron chi connectivity index (χ0n) is 12.5. The molecule has 5 heteroatoms. The van der Waals surface area contributed by atoms with Gasteiger partial charge in [-0.3, -0.25) is 4.79 Å². The molecule has 0 amide bonds. The van der Waals surface area contributed by atoms with Crippen molar-refractivity contribution in [3.8, 4) is 11.7 Å². The molecule has 2 aromatic heterocycles. The Labute approximate surface area is 131 Å². The van der Waals surface area contributed by atoms with E-state index in [1.165, 1.54) is 4.57 Å². The van der Waals surface area contributed by atoms with Crippen molar-refractivity contribution in [2.45, 2.75) is 6.92 Å². The van der Waals surface area contributed by atoms with Crippen molar-refractivity contribution in [3.05, 3.63) is 65.0 Å². The molecule has 2 heterocycles. The Morgan fingerprint density at radius 1 is 1.09 bits per heavy atom. The van der Waals surface area contributed by atoms with Crippen molar-refractivity contribution in [3.63, 3.8) is 0 Å². The normalized spacial score (nSPS) is 11.2. The molecule has 0 aliphatic heterocycles. The summed E-state index contributed by atoms with van der Waals surface area (Å²) in [5.74, 6) is 0. The number of ether oxygens (including phenoxy) is 1. The highest BCUT2D eigenvalue weighted by Gasteiger charge is 2.18. The van der Waals surface area contributed by atoms with Crippen LogP contribution in [0.1, 0.15) is 6.92 Å². The Morgan fingerprint density at radius 2 is 1.83 bits per heavy atom. The predicted molar refractivity (Wildman–Crippen MR) is 88.3 cm³/mol. The van der Waals surface area contributed by atoms with E-state index in [0.717, 1.165) is 5.39 Å². The maximum atomic E-state index is 12.9. The van der Waals surface area contributed by atoms with Crippen LogP contribution in [0.15, 0.2) is 63.8 Å². The number of hydrogen-bond donors (Lipinski definition) is 0. The second kappa shape index (κ2) is 5.28. The molecule has 4 aromatic rings. The lowest BCUT2D eigenvalue weighted by Crippen LogP contribution is -2.21. The summed E-state index contributed by atoms with van der Waals surface area (Å²) in [5.41, 5.74) is 1.82. The quantitative estimate of drug-likeness (QED) is 0.581. The summed E-state index contributed by atoms with van der Waals surface area (Å²) in [6, 6.07) is 17.0. The van der Waals surface area contributed by atoms with Crippen molar-refractivity contribution in [1.82, 2.24) is 9.55 Å². The van der Waals surface area contributed by atoms with Crippen LogP contribution in [0.5, 0.6) is 6.01 Å². The van der Waals surface area contributed by atoms with E-state index in [-0.39, 0.29) is 17.2 Å². The molecular weight excluding hydrogens is 292 g/mol. The summed E-state index contributed by atoms with van der Waals surface area (Å²) < 4.78 is 12.8. The van der Waals surface area contributed by atoms with Crippen LogP contribution >= 0.6 is 0 Å². The molecule has 0 fully saturated rings. The molecule has 0 atom stereocenters. The average molecular weight is 306 g/mol. The van der Waals surface area contributed by atoms with E-state index in [9.17, 15) is 4.79 Å². The Bertz CT molecular complexity index is 1050. The van der Waals surface area contributed by atoms with Gasteiger partial charge in [-0.1, -0.05) is 30.3 Å². The van der Waals surface area contributed by atoms with Gasteiger partial charge in [0.2, 0.25) is 5.58 Å². The Balaban J connectivity index is 2.13. The molecule has 0 aliphatic carbocycles. The monoisotopic (exact) mass is 306 g/mol. The first-order valence-electron chi connectivity index (χ1n) is 7.42. The van der Waals surface area contributed by atoms with Crippen LogP contribution in [-0.2, 0) is 0 Å². The number of benzene rings is 2. The molecular formula is C18H14N2O3. The fourth-order valence-electron chi connectivity index (χ4n) is 2.65. The summed E-state index contributed by atoms with van der Waals surface area (Å²) >= 11 is 0. The van der Waals surface area contributed by atoms with Crippen molar-refractivity contribution >= 4 is 22.1 Å². The first-order chi connectivity index (χ1) is 11.3. The van der Waals surface area contributed by atoms with Crippen LogP contribution in [0.4, 0.5) is 0 Å². The van der Waals surface area contributed by atoms with Crippen LogP contribution in [0.25, 0.3) is 27.8 Å². The fourth-order valence-corrected chi connectivity index (χ4v) is 2.65. The van der Waals surface area contributed by atoms with E-state index in [2.05, 4.69) is 4.98 Å². The number of furan rings is 1. The lowest BCUT2D eigenvalue weighted by molar-refractivity contribution is 0.303. The minimum Gasteiger partial charge on any atom is -0.465 e. The van der Waals surface area contributed by atoms with Crippen molar-refractivity contribution in [2.24, 2.45) is 0 Å². The maximum absolute atomic E-state index is 12.9. The molecule has 114 valence electrons. The molecule has 23 heavy (non-hydrogen) atoms. The highest BCUT2D eigenvalue weighted by atomic mass is 16.5. The van der Waals surface area contributed by atoms with Gasteiger partial charge in [0, 0.05) is 5.39 Å². The largest absolute Gasteiger partial charge is 0.465 e. The number of fused-ring (bicyclic) bond motifs is 3. The number of rotatable bonds is 3. The van der Waals surface area contributed by atoms with Gasteiger partial charge in [0.1, 0.15) is 11.1 Å². The first kappa shape index (κ1) is 13.6. The highest BCUT2D eigenvalue weighted by Crippen LogP contribution is 2.27.